The lowest BCUT2D eigenvalue weighted by molar-refractivity contribution is 0.0776. The molecule has 1 aliphatic carbocycles. The zero-order valence-electron chi connectivity index (χ0n) is 14.7. The molecule has 0 unspecified atom stereocenters. The quantitative estimate of drug-likeness (QED) is 0.812. The maximum atomic E-state index is 6.14. The fourth-order valence-corrected chi connectivity index (χ4v) is 3.45. The molecule has 4 rings (SSSR count). The highest BCUT2D eigenvalue weighted by Gasteiger charge is 2.27. The summed E-state index contributed by atoms with van der Waals surface area (Å²) in [4.78, 5) is 0. The molecule has 0 amide bonds. The Morgan fingerprint density at radius 3 is 2.48 bits per heavy atom. The summed E-state index contributed by atoms with van der Waals surface area (Å²) < 4.78 is 11.6. The predicted molar refractivity (Wildman–Crippen MR) is 99.9 cm³/mol. The molecule has 132 valence electrons. The Morgan fingerprint density at radius 1 is 0.920 bits per heavy atom. The van der Waals surface area contributed by atoms with Crippen LogP contribution in [0.15, 0.2) is 48.5 Å². The predicted octanol–water partition coefficient (Wildman–Crippen LogP) is 4.41. The zero-order chi connectivity index (χ0) is 16.9. The maximum Gasteiger partial charge on any atom is 0.123 e. The van der Waals surface area contributed by atoms with Gasteiger partial charge < -0.3 is 14.8 Å². The Hall–Kier alpha value is -1.84. The molecule has 25 heavy (non-hydrogen) atoms. The molecule has 0 atom stereocenters. The van der Waals surface area contributed by atoms with Gasteiger partial charge in [-0.05, 0) is 54.4 Å². The second-order valence-corrected chi connectivity index (χ2v) is 7.19. The summed E-state index contributed by atoms with van der Waals surface area (Å²) >= 11 is 0. The normalized spacial score (nSPS) is 18.2. The molecule has 0 spiro atoms. The van der Waals surface area contributed by atoms with E-state index in [0.29, 0.717) is 18.6 Å². The van der Waals surface area contributed by atoms with E-state index in [0.717, 1.165) is 38.3 Å². The smallest absolute Gasteiger partial charge is 0.123 e. The second-order valence-electron chi connectivity index (χ2n) is 7.19. The van der Waals surface area contributed by atoms with Crippen molar-refractivity contribution < 1.29 is 9.47 Å². The van der Waals surface area contributed by atoms with Crippen LogP contribution in [0.3, 0.4) is 0 Å². The minimum Gasteiger partial charge on any atom is -0.489 e. The Bertz CT molecular complexity index is 676. The van der Waals surface area contributed by atoms with Crippen molar-refractivity contribution >= 4 is 0 Å². The van der Waals surface area contributed by atoms with E-state index < -0.39 is 0 Å². The number of hydrogen-bond donors (Lipinski definition) is 1. The van der Waals surface area contributed by atoms with Crippen LogP contribution in [0.4, 0.5) is 0 Å². The third-order valence-electron chi connectivity index (χ3n) is 5.14. The molecular weight excluding hydrogens is 310 g/mol. The van der Waals surface area contributed by atoms with Crippen LogP contribution in [-0.4, -0.2) is 19.3 Å². The lowest BCUT2D eigenvalue weighted by Crippen LogP contribution is -2.34. The number of rotatable bonds is 7. The van der Waals surface area contributed by atoms with Crippen LogP contribution in [0.2, 0.25) is 0 Å². The average Bonchev–Trinajstić information content (AvgIpc) is 3.52. The molecule has 0 bridgehead atoms. The highest BCUT2D eigenvalue weighted by molar-refractivity contribution is 5.42. The van der Waals surface area contributed by atoms with E-state index in [4.69, 9.17) is 9.47 Å². The fraction of sp³-hybridized carbons (Fsp3) is 0.455. The van der Waals surface area contributed by atoms with Crippen molar-refractivity contribution in [3.63, 3.8) is 0 Å². The van der Waals surface area contributed by atoms with Crippen LogP contribution in [0, 0.1) is 0 Å². The van der Waals surface area contributed by atoms with E-state index in [2.05, 4.69) is 47.8 Å². The topological polar surface area (TPSA) is 30.5 Å². The largest absolute Gasteiger partial charge is 0.489 e. The lowest BCUT2D eigenvalue weighted by Gasteiger charge is -2.23. The van der Waals surface area contributed by atoms with E-state index in [1.807, 2.05) is 6.07 Å². The van der Waals surface area contributed by atoms with Gasteiger partial charge in [-0.2, -0.15) is 0 Å². The van der Waals surface area contributed by atoms with Crippen molar-refractivity contribution in [2.75, 3.05) is 13.2 Å². The van der Waals surface area contributed by atoms with E-state index >= 15 is 0 Å². The van der Waals surface area contributed by atoms with Gasteiger partial charge in [0.25, 0.3) is 0 Å². The number of nitrogens with one attached hydrogen (secondary N) is 1. The van der Waals surface area contributed by atoms with Gasteiger partial charge in [0.2, 0.25) is 0 Å². The first kappa shape index (κ1) is 16.6. The van der Waals surface area contributed by atoms with E-state index in [9.17, 15) is 0 Å². The minimum atomic E-state index is 0.590. The zero-order valence-corrected chi connectivity index (χ0v) is 14.7. The highest BCUT2D eigenvalue weighted by Crippen LogP contribution is 2.44. The molecule has 1 aliphatic heterocycles. The summed E-state index contributed by atoms with van der Waals surface area (Å²) in [5, 5.41) is 3.68. The SMILES string of the molecule is c1ccc(COc2ccc(CNC3CCOCC3)cc2C2CC2)cc1. The van der Waals surface area contributed by atoms with Crippen molar-refractivity contribution in [1.29, 1.82) is 0 Å². The molecule has 2 aromatic rings. The molecule has 3 nitrogen and oxygen atoms in total. The fourth-order valence-electron chi connectivity index (χ4n) is 3.45. The summed E-state index contributed by atoms with van der Waals surface area (Å²) in [7, 11) is 0. The van der Waals surface area contributed by atoms with E-state index in [-0.39, 0.29) is 0 Å². The van der Waals surface area contributed by atoms with Gasteiger partial charge in [0.15, 0.2) is 0 Å². The highest BCUT2D eigenvalue weighted by atomic mass is 16.5. The van der Waals surface area contributed by atoms with Crippen molar-refractivity contribution in [2.24, 2.45) is 0 Å². The molecule has 2 fully saturated rings. The Labute approximate surface area is 150 Å². The molecule has 2 aromatic carbocycles. The van der Waals surface area contributed by atoms with Crippen LogP contribution in [0.1, 0.15) is 48.3 Å². The van der Waals surface area contributed by atoms with Crippen molar-refractivity contribution in [3.05, 3.63) is 65.2 Å². The average molecular weight is 337 g/mol. The van der Waals surface area contributed by atoms with Gasteiger partial charge in [-0.25, -0.2) is 0 Å². The molecule has 1 N–H and O–H groups in total. The Balaban J connectivity index is 1.39. The van der Waals surface area contributed by atoms with Crippen LogP contribution in [0.5, 0.6) is 5.75 Å². The van der Waals surface area contributed by atoms with Crippen LogP contribution >= 0.6 is 0 Å². The van der Waals surface area contributed by atoms with Gasteiger partial charge in [-0.15, -0.1) is 0 Å². The van der Waals surface area contributed by atoms with E-state index in [1.54, 1.807) is 0 Å². The third-order valence-corrected chi connectivity index (χ3v) is 5.14. The van der Waals surface area contributed by atoms with Gasteiger partial charge in [0.05, 0.1) is 0 Å². The maximum absolute atomic E-state index is 6.14. The third kappa shape index (κ3) is 4.62. The summed E-state index contributed by atoms with van der Waals surface area (Å²) in [6.45, 7) is 3.35. The number of ether oxygens (including phenoxy) is 2. The Morgan fingerprint density at radius 2 is 1.72 bits per heavy atom. The van der Waals surface area contributed by atoms with Gasteiger partial charge in [-0.1, -0.05) is 42.5 Å². The summed E-state index contributed by atoms with van der Waals surface area (Å²) in [5.74, 6) is 1.75. The molecule has 0 aromatic heterocycles. The molecule has 2 aliphatic rings. The van der Waals surface area contributed by atoms with Gasteiger partial charge in [0, 0.05) is 25.8 Å². The van der Waals surface area contributed by atoms with Crippen LogP contribution < -0.4 is 10.1 Å². The first-order valence-electron chi connectivity index (χ1n) is 9.49. The molecule has 0 radical (unpaired) electrons. The summed E-state index contributed by atoms with van der Waals surface area (Å²) in [6.07, 6.45) is 4.82. The molecule has 1 saturated heterocycles. The molecular formula is C22H27NO2. The number of benzene rings is 2. The minimum absolute atomic E-state index is 0.590. The van der Waals surface area contributed by atoms with Gasteiger partial charge in [0.1, 0.15) is 12.4 Å². The van der Waals surface area contributed by atoms with E-state index in [1.165, 1.54) is 29.5 Å². The summed E-state index contributed by atoms with van der Waals surface area (Å²) in [5.41, 5.74) is 3.97. The van der Waals surface area contributed by atoms with Crippen LogP contribution in [-0.2, 0) is 17.9 Å². The monoisotopic (exact) mass is 337 g/mol. The second kappa shape index (κ2) is 8.03. The van der Waals surface area contributed by atoms with Crippen molar-refractivity contribution in [2.45, 2.75) is 50.8 Å². The Kier molecular flexibility index (Phi) is 5.34. The molecule has 1 heterocycles. The van der Waals surface area contributed by atoms with Gasteiger partial charge in [-0.3, -0.25) is 0 Å². The lowest BCUT2D eigenvalue weighted by atomic mass is 10.0. The summed E-state index contributed by atoms with van der Waals surface area (Å²) in [6, 6.07) is 17.7. The van der Waals surface area contributed by atoms with Crippen molar-refractivity contribution in [3.8, 4) is 5.75 Å². The standard InChI is InChI=1S/C22H27NO2/c1-2-4-17(5-3-1)16-25-22-9-6-18(14-21(22)19-7-8-19)15-23-20-10-12-24-13-11-20/h1-6,9,14,19-20,23H,7-8,10-13,15-16H2. The van der Waals surface area contributed by atoms with Crippen LogP contribution in [0.25, 0.3) is 0 Å². The van der Waals surface area contributed by atoms with Crippen molar-refractivity contribution in [1.82, 2.24) is 5.32 Å². The van der Waals surface area contributed by atoms with Gasteiger partial charge >= 0.3 is 0 Å². The number of hydrogen-bond acceptors (Lipinski definition) is 3. The molecule has 3 heteroatoms. The molecule has 1 saturated carbocycles. The first-order chi connectivity index (χ1) is 12.4. The first-order valence-corrected chi connectivity index (χ1v) is 9.49.